The molecule has 4 nitrogen and oxygen atoms in total. The summed E-state index contributed by atoms with van der Waals surface area (Å²) >= 11 is 0. The molecule has 2 saturated heterocycles. The minimum Gasteiger partial charge on any atom is -0.468 e. The summed E-state index contributed by atoms with van der Waals surface area (Å²) in [7, 11) is 1.46. The highest BCUT2D eigenvalue weighted by atomic mass is 16.5. The molecule has 2 heterocycles. The number of hydrogen-bond donors (Lipinski definition) is 2. The van der Waals surface area contributed by atoms with Crippen LogP contribution in [0.25, 0.3) is 0 Å². The number of carbonyl (C=O) groups excluding carboxylic acids is 1. The molecule has 0 spiro atoms. The molecule has 92 valence electrons. The van der Waals surface area contributed by atoms with Gasteiger partial charge in [-0.25, -0.2) is 0 Å². The highest BCUT2D eigenvalue weighted by Crippen LogP contribution is 2.25. The Morgan fingerprint density at radius 2 is 2.25 bits per heavy atom. The van der Waals surface area contributed by atoms with Crippen molar-refractivity contribution in [3.05, 3.63) is 0 Å². The lowest BCUT2D eigenvalue weighted by atomic mass is 9.88. The van der Waals surface area contributed by atoms with Gasteiger partial charge in [-0.1, -0.05) is 0 Å². The molecule has 4 heteroatoms. The average molecular weight is 226 g/mol. The topological polar surface area (TPSA) is 50.4 Å². The van der Waals surface area contributed by atoms with Gasteiger partial charge in [0.25, 0.3) is 0 Å². The van der Waals surface area contributed by atoms with E-state index in [1.54, 1.807) is 0 Å². The van der Waals surface area contributed by atoms with E-state index < -0.39 is 0 Å². The summed E-state index contributed by atoms with van der Waals surface area (Å²) in [6.45, 7) is 3.29. The summed E-state index contributed by atoms with van der Waals surface area (Å²) in [6, 6.07) is -0.0634. The molecule has 2 aliphatic rings. The minimum atomic E-state index is -0.107. The highest BCUT2D eigenvalue weighted by molar-refractivity contribution is 5.75. The first-order valence-corrected chi connectivity index (χ1v) is 6.31. The summed E-state index contributed by atoms with van der Waals surface area (Å²) in [4.78, 5) is 11.4. The van der Waals surface area contributed by atoms with Crippen LogP contribution < -0.4 is 10.6 Å². The first kappa shape index (κ1) is 11.9. The Morgan fingerprint density at radius 1 is 1.38 bits per heavy atom. The fourth-order valence-electron chi connectivity index (χ4n) is 2.91. The molecule has 0 radical (unpaired) electrons. The van der Waals surface area contributed by atoms with E-state index in [1.165, 1.54) is 32.9 Å². The second-order valence-electron chi connectivity index (χ2n) is 5.03. The molecule has 3 atom stereocenters. The highest BCUT2D eigenvalue weighted by Gasteiger charge is 2.31. The summed E-state index contributed by atoms with van der Waals surface area (Å²) in [5.41, 5.74) is 0. The molecule has 16 heavy (non-hydrogen) atoms. The van der Waals surface area contributed by atoms with Crippen molar-refractivity contribution in [2.45, 2.75) is 31.7 Å². The van der Waals surface area contributed by atoms with Crippen LogP contribution in [0.2, 0.25) is 0 Å². The van der Waals surface area contributed by atoms with E-state index in [4.69, 9.17) is 4.74 Å². The Balaban J connectivity index is 1.73. The van der Waals surface area contributed by atoms with E-state index >= 15 is 0 Å². The monoisotopic (exact) mass is 226 g/mol. The molecular formula is C12H22N2O2. The van der Waals surface area contributed by atoms with E-state index in [2.05, 4.69) is 10.6 Å². The zero-order chi connectivity index (χ0) is 11.4. The number of carbonyl (C=O) groups is 1. The van der Waals surface area contributed by atoms with E-state index in [1.807, 2.05) is 0 Å². The number of ether oxygens (including phenoxy) is 1. The van der Waals surface area contributed by atoms with Crippen molar-refractivity contribution in [3.8, 4) is 0 Å². The predicted octanol–water partition coefficient (Wildman–Crippen LogP) is 0.527. The van der Waals surface area contributed by atoms with Gasteiger partial charge >= 0.3 is 5.97 Å². The minimum absolute atomic E-state index is 0.0634. The Hall–Kier alpha value is -0.610. The SMILES string of the molecule is COC(=O)C1CC(CC2CCCNC2)CN1. The third-order valence-corrected chi connectivity index (χ3v) is 3.77. The van der Waals surface area contributed by atoms with Crippen molar-refractivity contribution >= 4 is 5.97 Å². The Kier molecular flexibility index (Phi) is 4.18. The lowest BCUT2D eigenvalue weighted by Gasteiger charge is -2.24. The van der Waals surface area contributed by atoms with Gasteiger partial charge in [0, 0.05) is 0 Å². The lowest BCUT2D eigenvalue weighted by Crippen LogP contribution is -2.31. The van der Waals surface area contributed by atoms with E-state index in [-0.39, 0.29) is 12.0 Å². The molecule has 0 aliphatic carbocycles. The summed E-state index contributed by atoms with van der Waals surface area (Å²) in [5.74, 6) is 1.34. The van der Waals surface area contributed by atoms with Crippen LogP contribution in [-0.2, 0) is 9.53 Å². The molecule has 0 amide bonds. The average Bonchev–Trinajstić information content (AvgIpc) is 2.78. The number of methoxy groups -OCH3 is 1. The van der Waals surface area contributed by atoms with Gasteiger partial charge in [-0.15, -0.1) is 0 Å². The van der Waals surface area contributed by atoms with Gasteiger partial charge in [0.2, 0.25) is 0 Å². The predicted molar refractivity (Wildman–Crippen MR) is 62.1 cm³/mol. The molecular weight excluding hydrogens is 204 g/mol. The quantitative estimate of drug-likeness (QED) is 0.689. The van der Waals surface area contributed by atoms with E-state index in [9.17, 15) is 4.79 Å². The Morgan fingerprint density at radius 3 is 2.94 bits per heavy atom. The van der Waals surface area contributed by atoms with Gasteiger partial charge in [-0.2, -0.15) is 0 Å². The molecule has 2 aliphatic heterocycles. The van der Waals surface area contributed by atoms with E-state index in [0.717, 1.165) is 25.4 Å². The second kappa shape index (κ2) is 5.64. The van der Waals surface area contributed by atoms with Crippen LogP contribution in [0.5, 0.6) is 0 Å². The maximum atomic E-state index is 11.4. The van der Waals surface area contributed by atoms with Gasteiger partial charge < -0.3 is 15.4 Å². The first-order chi connectivity index (χ1) is 7.79. The van der Waals surface area contributed by atoms with Crippen LogP contribution >= 0.6 is 0 Å². The van der Waals surface area contributed by atoms with Crippen molar-refractivity contribution in [3.63, 3.8) is 0 Å². The van der Waals surface area contributed by atoms with Gasteiger partial charge in [0.1, 0.15) is 6.04 Å². The van der Waals surface area contributed by atoms with Crippen molar-refractivity contribution < 1.29 is 9.53 Å². The fraction of sp³-hybridized carbons (Fsp3) is 0.917. The van der Waals surface area contributed by atoms with Crippen molar-refractivity contribution in [1.82, 2.24) is 10.6 Å². The molecule has 2 rings (SSSR count). The molecule has 2 fully saturated rings. The molecule has 0 aromatic heterocycles. The maximum Gasteiger partial charge on any atom is 0.322 e. The Bertz CT molecular complexity index is 239. The third kappa shape index (κ3) is 2.95. The lowest BCUT2D eigenvalue weighted by molar-refractivity contribution is -0.142. The zero-order valence-electron chi connectivity index (χ0n) is 10.00. The number of nitrogens with one attached hydrogen (secondary N) is 2. The van der Waals surface area contributed by atoms with Gasteiger partial charge in [0.05, 0.1) is 7.11 Å². The van der Waals surface area contributed by atoms with Crippen molar-refractivity contribution in [2.24, 2.45) is 11.8 Å². The van der Waals surface area contributed by atoms with Crippen LogP contribution in [0.4, 0.5) is 0 Å². The van der Waals surface area contributed by atoms with E-state index in [0.29, 0.717) is 5.92 Å². The third-order valence-electron chi connectivity index (χ3n) is 3.77. The standard InChI is InChI=1S/C12H22N2O2/c1-16-12(15)11-6-10(8-14-11)5-9-3-2-4-13-7-9/h9-11,13-14H,2-8H2,1H3. The van der Waals surface area contributed by atoms with Crippen molar-refractivity contribution in [1.29, 1.82) is 0 Å². The van der Waals surface area contributed by atoms with Gasteiger partial charge in [-0.05, 0) is 57.2 Å². The molecule has 0 aromatic rings. The Labute approximate surface area is 97.1 Å². The second-order valence-corrected chi connectivity index (χ2v) is 5.03. The molecule has 0 saturated carbocycles. The zero-order valence-corrected chi connectivity index (χ0v) is 10.00. The number of piperidine rings is 1. The maximum absolute atomic E-state index is 11.4. The normalized spacial score (nSPS) is 34.9. The first-order valence-electron chi connectivity index (χ1n) is 6.31. The van der Waals surface area contributed by atoms with Gasteiger partial charge in [-0.3, -0.25) is 4.79 Å². The van der Waals surface area contributed by atoms with Crippen LogP contribution in [-0.4, -0.2) is 38.8 Å². The number of esters is 1. The van der Waals surface area contributed by atoms with Gasteiger partial charge in [0.15, 0.2) is 0 Å². The molecule has 0 bridgehead atoms. The van der Waals surface area contributed by atoms with Crippen LogP contribution in [0, 0.1) is 11.8 Å². The molecule has 3 unspecified atom stereocenters. The van der Waals surface area contributed by atoms with Crippen molar-refractivity contribution in [2.75, 3.05) is 26.7 Å². The summed E-state index contributed by atoms with van der Waals surface area (Å²) < 4.78 is 4.76. The van der Waals surface area contributed by atoms with Crippen LogP contribution in [0.1, 0.15) is 25.7 Å². The largest absolute Gasteiger partial charge is 0.468 e. The molecule has 2 N–H and O–H groups in total. The molecule has 0 aromatic carbocycles. The van der Waals surface area contributed by atoms with Crippen LogP contribution in [0.3, 0.4) is 0 Å². The van der Waals surface area contributed by atoms with Crippen LogP contribution in [0.15, 0.2) is 0 Å². The summed E-state index contributed by atoms with van der Waals surface area (Å²) in [5, 5.41) is 6.69. The smallest absolute Gasteiger partial charge is 0.322 e. The number of rotatable bonds is 3. The fourth-order valence-corrected chi connectivity index (χ4v) is 2.91. The summed E-state index contributed by atoms with van der Waals surface area (Å²) in [6.07, 6.45) is 4.83. The number of hydrogen-bond acceptors (Lipinski definition) is 4.